The second-order valence-corrected chi connectivity index (χ2v) is 5.64. The van der Waals surface area contributed by atoms with E-state index < -0.39 is 29.6 Å². The number of esters is 1. The number of amides is 2. The molecule has 0 N–H and O–H groups in total. The Hall–Kier alpha value is -3.48. The maximum Gasteiger partial charge on any atom is 0.338 e. The Kier molecular flexibility index (Phi) is 4.79. The van der Waals surface area contributed by atoms with Crippen molar-refractivity contribution in [3.63, 3.8) is 0 Å². The highest BCUT2D eigenvalue weighted by Gasteiger charge is 2.49. The number of carbonyl (C=O) groups excluding carboxylic acids is 4. The van der Waals surface area contributed by atoms with Gasteiger partial charge in [-0.1, -0.05) is 36.4 Å². The van der Waals surface area contributed by atoms with Crippen LogP contribution in [-0.2, 0) is 14.3 Å². The largest absolute Gasteiger partial charge is 0.467 e. The van der Waals surface area contributed by atoms with Gasteiger partial charge in [-0.15, -0.1) is 0 Å². The first-order chi connectivity index (χ1) is 12.5. The van der Waals surface area contributed by atoms with E-state index in [0.29, 0.717) is 5.56 Å². The van der Waals surface area contributed by atoms with Crippen molar-refractivity contribution < 1.29 is 23.9 Å². The molecule has 132 valence electrons. The molecule has 0 bridgehead atoms. The number of hydrogen-bond donors (Lipinski definition) is 0. The van der Waals surface area contributed by atoms with Gasteiger partial charge in [0.05, 0.1) is 7.11 Å². The first-order valence-corrected chi connectivity index (χ1v) is 7.90. The minimum Gasteiger partial charge on any atom is -0.467 e. The smallest absolute Gasteiger partial charge is 0.338 e. The van der Waals surface area contributed by atoms with Crippen LogP contribution in [0.2, 0.25) is 0 Å². The van der Waals surface area contributed by atoms with E-state index in [4.69, 9.17) is 0 Å². The number of hydrogen-bond acceptors (Lipinski definition) is 5. The summed E-state index contributed by atoms with van der Waals surface area (Å²) < 4.78 is 4.66. The Morgan fingerprint density at radius 1 is 0.885 bits per heavy atom. The predicted octanol–water partition coefficient (Wildman–Crippen LogP) is 1.31. The molecule has 1 atom stereocenters. The Balaban J connectivity index is 2.02. The van der Waals surface area contributed by atoms with Crippen LogP contribution in [0.3, 0.4) is 0 Å². The van der Waals surface area contributed by atoms with Crippen LogP contribution in [-0.4, -0.2) is 53.3 Å². The number of methoxy groups -OCH3 is 1. The molecule has 2 aromatic carbocycles. The van der Waals surface area contributed by atoms with Gasteiger partial charge >= 0.3 is 5.97 Å². The van der Waals surface area contributed by atoms with Gasteiger partial charge in [-0.25, -0.2) is 14.8 Å². The molecule has 1 fully saturated rings. The molecular formula is C19H16N2O5. The van der Waals surface area contributed by atoms with Gasteiger partial charge in [-0.05, 0) is 24.3 Å². The van der Waals surface area contributed by atoms with Crippen molar-refractivity contribution in [2.24, 2.45) is 0 Å². The summed E-state index contributed by atoms with van der Waals surface area (Å²) >= 11 is 0. The van der Waals surface area contributed by atoms with Gasteiger partial charge in [0.1, 0.15) is 6.54 Å². The third-order valence-electron chi connectivity index (χ3n) is 4.02. The molecule has 1 unspecified atom stereocenters. The van der Waals surface area contributed by atoms with Crippen molar-refractivity contribution in [3.05, 3.63) is 71.8 Å². The van der Waals surface area contributed by atoms with E-state index in [1.807, 2.05) is 0 Å². The van der Waals surface area contributed by atoms with E-state index in [1.54, 1.807) is 60.7 Å². The second kappa shape index (κ2) is 7.18. The average Bonchev–Trinajstić information content (AvgIpc) is 3.04. The van der Waals surface area contributed by atoms with Gasteiger partial charge in [0.2, 0.25) is 6.04 Å². The molecule has 1 saturated heterocycles. The Bertz CT molecular complexity index is 851. The van der Waals surface area contributed by atoms with Gasteiger partial charge in [-0.3, -0.25) is 14.4 Å². The lowest BCUT2D eigenvalue weighted by atomic mass is 10.1. The molecular weight excluding hydrogens is 336 g/mol. The van der Waals surface area contributed by atoms with Gasteiger partial charge < -0.3 is 4.74 Å². The monoisotopic (exact) mass is 352 g/mol. The summed E-state index contributed by atoms with van der Waals surface area (Å²) in [5.74, 6) is -2.64. The molecule has 2 amide bonds. The molecule has 1 aliphatic heterocycles. The minimum atomic E-state index is -1.49. The molecule has 2 aromatic rings. The molecule has 7 heteroatoms. The lowest BCUT2D eigenvalue weighted by Crippen LogP contribution is -2.51. The number of rotatable bonds is 3. The fourth-order valence-corrected chi connectivity index (χ4v) is 2.77. The molecule has 3 rings (SSSR count). The van der Waals surface area contributed by atoms with Crippen molar-refractivity contribution in [3.8, 4) is 0 Å². The zero-order valence-electron chi connectivity index (χ0n) is 14.0. The van der Waals surface area contributed by atoms with Crippen LogP contribution in [0.1, 0.15) is 20.7 Å². The summed E-state index contributed by atoms with van der Waals surface area (Å²) in [6, 6.07) is 14.9. The fourth-order valence-electron chi connectivity index (χ4n) is 2.77. The van der Waals surface area contributed by atoms with Crippen LogP contribution in [0.15, 0.2) is 60.7 Å². The molecule has 0 aromatic heterocycles. The lowest BCUT2D eigenvalue weighted by molar-refractivity contribution is -0.149. The highest BCUT2D eigenvalue weighted by atomic mass is 16.5. The van der Waals surface area contributed by atoms with E-state index in [1.165, 1.54) is 0 Å². The Morgan fingerprint density at radius 2 is 1.38 bits per heavy atom. The Morgan fingerprint density at radius 3 is 1.88 bits per heavy atom. The maximum atomic E-state index is 12.9. The zero-order chi connectivity index (χ0) is 18.7. The Labute approximate surface area is 149 Å². The van der Waals surface area contributed by atoms with Gasteiger partial charge in [0.15, 0.2) is 5.78 Å². The molecule has 0 radical (unpaired) electrons. The molecule has 1 aliphatic rings. The van der Waals surface area contributed by atoms with Crippen LogP contribution in [0, 0.1) is 0 Å². The summed E-state index contributed by atoms with van der Waals surface area (Å²) in [7, 11) is 1.13. The van der Waals surface area contributed by atoms with Crippen molar-refractivity contribution in [1.82, 2.24) is 10.0 Å². The van der Waals surface area contributed by atoms with Gasteiger partial charge in [-0.2, -0.15) is 0 Å². The van der Waals surface area contributed by atoms with Crippen molar-refractivity contribution >= 4 is 23.6 Å². The molecule has 0 aliphatic carbocycles. The summed E-state index contributed by atoms with van der Waals surface area (Å²) in [6.45, 7) is -0.383. The fraction of sp³-hybridized carbons (Fsp3) is 0.158. The number of ketones is 1. The first kappa shape index (κ1) is 17.3. The van der Waals surface area contributed by atoms with Crippen molar-refractivity contribution in [2.45, 2.75) is 6.04 Å². The van der Waals surface area contributed by atoms with E-state index in [0.717, 1.165) is 17.1 Å². The van der Waals surface area contributed by atoms with E-state index in [9.17, 15) is 19.2 Å². The van der Waals surface area contributed by atoms with Crippen molar-refractivity contribution in [2.75, 3.05) is 13.7 Å². The molecule has 0 saturated carbocycles. The topological polar surface area (TPSA) is 84.0 Å². The van der Waals surface area contributed by atoms with E-state index in [2.05, 4.69) is 4.74 Å². The number of benzene rings is 2. The maximum absolute atomic E-state index is 12.9. The third-order valence-corrected chi connectivity index (χ3v) is 4.02. The number of carbonyl (C=O) groups is 4. The number of Topliss-reactive ketones (excluding diaryl/α,β-unsaturated/α-hetero) is 1. The van der Waals surface area contributed by atoms with Crippen LogP contribution in [0.4, 0.5) is 0 Å². The first-order valence-electron chi connectivity index (χ1n) is 7.90. The highest BCUT2D eigenvalue weighted by molar-refractivity contribution is 6.13. The van der Waals surface area contributed by atoms with E-state index >= 15 is 0 Å². The number of nitrogens with zero attached hydrogens (tertiary/aromatic N) is 2. The van der Waals surface area contributed by atoms with Crippen LogP contribution in [0.25, 0.3) is 0 Å². The van der Waals surface area contributed by atoms with Crippen LogP contribution >= 0.6 is 0 Å². The van der Waals surface area contributed by atoms with Crippen LogP contribution in [0.5, 0.6) is 0 Å². The standard InChI is InChI=1S/C19H16N2O5/c1-26-19(25)16-15(22)12-20(17(23)13-8-4-2-5-9-13)21(16)18(24)14-10-6-3-7-11-14/h2-11,16H,12H2,1H3. The van der Waals surface area contributed by atoms with Crippen LogP contribution < -0.4 is 0 Å². The normalized spacial score (nSPS) is 16.5. The summed E-state index contributed by atoms with van der Waals surface area (Å²) in [5, 5.41) is 1.88. The SMILES string of the molecule is COC(=O)C1C(=O)CN(C(=O)c2ccccc2)N1C(=O)c1ccccc1. The predicted molar refractivity (Wildman–Crippen MR) is 90.9 cm³/mol. The van der Waals surface area contributed by atoms with Gasteiger partial charge in [0, 0.05) is 11.1 Å². The molecule has 1 heterocycles. The summed E-state index contributed by atoms with van der Waals surface area (Å²) in [4.78, 5) is 50.2. The van der Waals surface area contributed by atoms with Crippen molar-refractivity contribution in [1.29, 1.82) is 0 Å². The number of hydrazine groups is 1. The molecule has 26 heavy (non-hydrogen) atoms. The summed E-state index contributed by atoms with van der Waals surface area (Å²) in [6.07, 6.45) is 0. The summed E-state index contributed by atoms with van der Waals surface area (Å²) in [5.41, 5.74) is 0.554. The third kappa shape index (κ3) is 3.06. The lowest BCUT2D eigenvalue weighted by Gasteiger charge is -2.30. The number of ether oxygens (including phenoxy) is 1. The second-order valence-electron chi connectivity index (χ2n) is 5.64. The average molecular weight is 352 g/mol. The van der Waals surface area contributed by atoms with E-state index in [-0.39, 0.29) is 12.1 Å². The quantitative estimate of drug-likeness (QED) is 0.614. The molecule has 0 spiro atoms. The molecule has 7 nitrogen and oxygen atoms in total. The zero-order valence-corrected chi connectivity index (χ0v) is 14.0. The highest BCUT2D eigenvalue weighted by Crippen LogP contribution is 2.22. The minimum absolute atomic E-state index is 0.252. The van der Waals surface area contributed by atoms with Gasteiger partial charge in [0.25, 0.3) is 11.8 Å².